The normalized spacial score (nSPS) is 13.4. The third kappa shape index (κ3) is 4.22. The maximum Gasteiger partial charge on any atom is 0.254 e. The number of nitrogens with one attached hydrogen (secondary N) is 1. The van der Waals surface area contributed by atoms with Gasteiger partial charge < -0.3 is 10.2 Å². The van der Waals surface area contributed by atoms with Gasteiger partial charge in [0.05, 0.1) is 0 Å². The van der Waals surface area contributed by atoms with E-state index in [0.717, 1.165) is 24.0 Å². The number of nitrogens with zero attached hydrogens (tertiary/aromatic N) is 1. The summed E-state index contributed by atoms with van der Waals surface area (Å²) >= 11 is 0. The van der Waals surface area contributed by atoms with Crippen LogP contribution in [0.4, 0.5) is 0 Å². The predicted octanol–water partition coefficient (Wildman–Crippen LogP) is 3.13. The first-order valence-electron chi connectivity index (χ1n) is 8.32. The molecule has 3 rings (SSSR count). The van der Waals surface area contributed by atoms with Gasteiger partial charge in [-0.1, -0.05) is 42.5 Å². The first-order valence-corrected chi connectivity index (χ1v) is 8.32. The van der Waals surface area contributed by atoms with Crippen LogP contribution in [0.25, 0.3) is 0 Å². The summed E-state index contributed by atoms with van der Waals surface area (Å²) in [6, 6.07) is 18.0. The van der Waals surface area contributed by atoms with Gasteiger partial charge in [0.15, 0.2) is 0 Å². The molecule has 24 heavy (non-hydrogen) atoms. The SMILES string of the molecule is CC(=O)NCc1ccc(C(=O)N(Cc2ccccc2)C2CC2)cc1. The van der Waals surface area contributed by atoms with Gasteiger partial charge in [0.25, 0.3) is 5.91 Å². The number of hydrogen-bond donors (Lipinski definition) is 1. The Labute approximate surface area is 142 Å². The number of hydrogen-bond acceptors (Lipinski definition) is 2. The second-order valence-corrected chi connectivity index (χ2v) is 6.26. The van der Waals surface area contributed by atoms with Gasteiger partial charge in [-0.2, -0.15) is 0 Å². The molecule has 0 unspecified atom stereocenters. The van der Waals surface area contributed by atoms with Gasteiger partial charge in [-0.25, -0.2) is 0 Å². The molecule has 0 spiro atoms. The van der Waals surface area contributed by atoms with Crippen molar-refractivity contribution in [3.8, 4) is 0 Å². The molecule has 0 aromatic heterocycles. The van der Waals surface area contributed by atoms with Crippen LogP contribution >= 0.6 is 0 Å². The fourth-order valence-corrected chi connectivity index (χ4v) is 2.69. The van der Waals surface area contributed by atoms with Crippen LogP contribution in [-0.2, 0) is 17.9 Å². The molecule has 0 aliphatic heterocycles. The summed E-state index contributed by atoms with van der Waals surface area (Å²) in [5.74, 6) is 0.0188. The van der Waals surface area contributed by atoms with Crippen molar-refractivity contribution in [2.75, 3.05) is 0 Å². The Morgan fingerprint density at radius 1 is 1.00 bits per heavy atom. The summed E-state index contributed by atoms with van der Waals surface area (Å²) in [6.07, 6.45) is 2.17. The third-order valence-corrected chi connectivity index (χ3v) is 4.19. The quantitative estimate of drug-likeness (QED) is 0.888. The van der Waals surface area contributed by atoms with E-state index in [0.29, 0.717) is 24.7 Å². The smallest absolute Gasteiger partial charge is 0.254 e. The lowest BCUT2D eigenvalue weighted by Crippen LogP contribution is -2.32. The zero-order valence-electron chi connectivity index (χ0n) is 13.9. The van der Waals surface area contributed by atoms with Crippen LogP contribution in [0.3, 0.4) is 0 Å². The molecule has 2 aromatic carbocycles. The summed E-state index contributed by atoms with van der Waals surface area (Å²) in [5, 5.41) is 2.76. The Kier molecular flexibility index (Phi) is 4.94. The van der Waals surface area contributed by atoms with E-state index >= 15 is 0 Å². The molecule has 0 heterocycles. The summed E-state index contributed by atoms with van der Waals surface area (Å²) in [5.41, 5.74) is 2.84. The fraction of sp³-hybridized carbons (Fsp3) is 0.300. The van der Waals surface area contributed by atoms with Crippen LogP contribution in [-0.4, -0.2) is 22.8 Å². The molecule has 1 fully saturated rings. The van der Waals surface area contributed by atoms with Crippen molar-refractivity contribution < 1.29 is 9.59 Å². The van der Waals surface area contributed by atoms with E-state index in [1.807, 2.05) is 47.4 Å². The summed E-state index contributed by atoms with van der Waals surface area (Å²) in [6.45, 7) is 2.63. The molecule has 0 saturated heterocycles. The minimum Gasteiger partial charge on any atom is -0.352 e. The minimum absolute atomic E-state index is 0.0575. The molecule has 1 aliphatic rings. The minimum atomic E-state index is -0.0575. The molecular formula is C20H22N2O2. The number of benzene rings is 2. The van der Waals surface area contributed by atoms with Crippen molar-refractivity contribution in [1.29, 1.82) is 0 Å². The van der Waals surface area contributed by atoms with Crippen LogP contribution in [0, 0.1) is 0 Å². The van der Waals surface area contributed by atoms with Crippen molar-refractivity contribution in [2.24, 2.45) is 0 Å². The second kappa shape index (κ2) is 7.30. The molecule has 124 valence electrons. The van der Waals surface area contributed by atoms with Gasteiger partial charge in [-0.05, 0) is 36.1 Å². The van der Waals surface area contributed by atoms with Crippen molar-refractivity contribution >= 4 is 11.8 Å². The molecule has 2 amide bonds. The van der Waals surface area contributed by atoms with Crippen molar-refractivity contribution in [3.05, 3.63) is 71.3 Å². The highest BCUT2D eigenvalue weighted by Gasteiger charge is 2.32. The highest BCUT2D eigenvalue weighted by Crippen LogP contribution is 2.29. The van der Waals surface area contributed by atoms with Gasteiger partial charge in [-0.15, -0.1) is 0 Å². The zero-order valence-corrected chi connectivity index (χ0v) is 13.9. The van der Waals surface area contributed by atoms with Crippen LogP contribution in [0.5, 0.6) is 0 Å². The van der Waals surface area contributed by atoms with Gasteiger partial charge in [0, 0.05) is 31.6 Å². The van der Waals surface area contributed by atoms with E-state index in [1.54, 1.807) is 0 Å². The number of carbonyl (C=O) groups excluding carboxylic acids is 2. The number of carbonyl (C=O) groups is 2. The monoisotopic (exact) mass is 322 g/mol. The van der Waals surface area contributed by atoms with E-state index in [-0.39, 0.29) is 11.8 Å². The summed E-state index contributed by atoms with van der Waals surface area (Å²) in [7, 11) is 0. The molecule has 0 bridgehead atoms. The molecule has 2 aromatic rings. The third-order valence-electron chi connectivity index (χ3n) is 4.19. The second-order valence-electron chi connectivity index (χ2n) is 6.26. The van der Waals surface area contributed by atoms with Crippen molar-refractivity contribution in [2.45, 2.75) is 38.9 Å². The highest BCUT2D eigenvalue weighted by molar-refractivity contribution is 5.94. The lowest BCUT2D eigenvalue weighted by Gasteiger charge is -2.23. The lowest BCUT2D eigenvalue weighted by molar-refractivity contribution is -0.119. The van der Waals surface area contributed by atoms with Crippen LogP contribution in [0.2, 0.25) is 0 Å². The van der Waals surface area contributed by atoms with Crippen LogP contribution in [0.1, 0.15) is 41.3 Å². The molecular weight excluding hydrogens is 300 g/mol. The zero-order chi connectivity index (χ0) is 16.9. The van der Waals surface area contributed by atoms with Crippen LogP contribution in [0.15, 0.2) is 54.6 Å². The largest absolute Gasteiger partial charge is 0.352 e. The molecule has 1 N–H and O–H groups in total. The highest BCUT2D eigenvalue weighted by atomic mass is 16.2. The molecule has 1 aliphatic carbocycles. The average Bonchev–Trinajstić information content (AvgIpc) is 3.43. The Balaban J connectivity index is 1.69. The average molecular weight is 322 g/mol. The lowest BCUT2D eigenvalue weighted by atomic mass is 10.1. The Morgan fingerprint density at radius 2 is 1.67 bits per heavy atom. The van der Waals surface area contributed by atoms with Gasteiger partial charge in [-0.3, -0.25) is 9.59 Å². The van der Waals surface area contributed by atoms with E-state index in [1.165, 1.54) is 6.92 Å². The maximum absolute atomic E-state index is 12.9. The molecule has 1 saturated carbocycles. The first-order chi connectivity index (χ1) is 11.6. The molecule has 0 atom stereocenters. The van der Waals surface area contributed by atoms with E-state index in [9.17, 15) is 9.59 Å². The van der Waals surface area contributed by atoms with Crippen molar-refractivity contribution in [3.63, 3.8) is 0 Å². The van der Waals surface area contributed by atoms with Gasteiger partial charge in [0.1, 0.15) is 0 Å². The Morgan fingerprint density at radius 3 is 2.25 bits per heavy atom. The number of amides is 2. The summed E-state index contributed by atoms with van der Waals surface area (Å²) in [4.78, 5) is 25.8. The molecule has 0 radical (unpaired) electrons. The first kappa shape index (κ1) is 16.2. The standard InChI is InChI=1S/C20H22N2O2/c1-15(23)21-13-16-7-9-18(10-8-16)20(24)22(19-11-12-19)14-17-5-3-2-4-6-17/h2-10,19H,11-14H2,1H3,(H,21,23). The molecule has 4 nitrogen and oxygen atoms in total. The predicted molar refractivity (Wildman–Crippen MR) is 93.3 cm³/mol. The van der Waals surface area contributed by atoms with Crippen LogP contribution < -0.4 is 5.32 Å². The maximum atomic E-state index is 12.9. The molecule has 4 heteroatoms. The van der Waals surface area contributed by atoms with E-state index in [4.69, 9.17) is 0 Å². The van der Waals surface area contributed by atoms with E-state index < -0.39 is 0 Å². The van der Waals surface area contributed by atoms with Crippen molar-refractivity contribution in [1.82, 2.24) is 10.2 Å². The summed E-state index contributed by atoms with van der Waals surface area (Å²) < 4.78 is 0. The fourth-order valence-electron chi connectivity index (χ4n) is 2.69. The van der Waals surface area contributed by atoms with Gasteiger partial charge >= 0.3 is 0 Å². The van der Waals surface area contributed by atoms with Gasteiger partial charge in [0.2, 0.25) is 5.91 Å². The topological polar surface area (TPSA) is 49.4 Å². The Bertz CT molecular complexity index is 706. The number of rotatable bonds is 6. The van der Waals surface area contributed by atoms with E-state index in [2.05, 4.69) is 17.4 Å². The Hall–Kier alpha value is -2.62.